The highest BCUT2D eigenvalue weighted by Gasteiger charge is 2.29. The molecule has 1 aliphatic rings. The smallest absolute Gasteiger partial charge is 0.0745 e. The number of piperidine rings is 1. The number of rotatable bonds is 1. The van der Waals surface area contributed by atoms with Gasteiger partial charge in [-0.25, -0.2) is 0 Å². The van der Waals surface area contributed by atoms with Gasteiger partial charge in [0.15, 0.2) is 0 Å². The van der Waals surface area contributed by atoms with E-state index in [1.165, 1.54) is 23.9 Å². The zero-order valence-corrected chi connectivity index (χ0v) is 13.3. The van der Waals surface area contributed by atoms with E-state index >= 15 is 0 Å². The summed E-state index contributed by atoms with van der Waals surface area (Å²) in [5.41, 5.74) is 9.63. The topological polar surface area (TPSA) is 42.1 Å². The molecular weight excluding hydrogens is 258 g/mol. The van der Waals surface area contributed by atoms with Crippen molar-refractivity contribution in [2.24, 2.45) is 11.3 Å². The second-order valence-electron chi connectivity index (χ2n) is 7.21. The van der Waals surface area contributed by atoms with Gasteiger partial charge < -0.3 is 10.6 Å². The first kappa shape index (κ1) is 14.2. The summed E-state index contributed by atoms with van der Waals surface area (Å²) in [7, 11) is 0. The van der Waals surface area contributed by atoms with Crippen molar-refractivity contribution in [1.29, 1.82) is 0 Å². The summed E-state index contributed by atoms with van der Waals surface area (Å²) < 4.78 is 0. The normalized spacial score (nSPS) is 17.4. The third-order valence-corrected chi connectivity index (χ3v) is 4.81. The van der Waals surface area contributed by atoms with Gasteiger partial charge in [-0.05, 0) is 30.2 Å². The van der Waals surface area contributed by atoms with Crippen LogP contribution in [0.5, 0.6) is 0 Å². The molecule has 1 aliphatic heterocycles. The van der Waals surface area contributed by atoms with Crippen molar-refractivity contribution in [1.82, 2.24) is 4.98 Å². The lowest BCUT2D eigenvalue weighted by Crippen LogP contribution is -2.38. The van der Waals surface area contributed by atoms with Gasteiger partial charge in [-0.1, -0.05) is 39.0 Å². The molecule has 0 atom stereocenters. The summed E-state index contributed by atoms with van der Waals surface area (Å²) >= 11 is 0. The van der Waals surface area contributed by atoms with E-state index < -0.39 is 0 Å². The number of benzene rings is 1. The van der Waals surface area contributed by atoms with Crippen LogP contribution in [0, 0.1) is 11.3 Å². The zero-order chi connectivity index (χ0) is 15.0. The van der Waals surface area contributed by atoms with Gasteiger partial charge in [0.2, 0.25) is 0 Å². The molecule has 3 rings (SSSR count). The van der Waals surface area contributed by atoms with Gasteiger partial charge in [-0.2, -0.15) is 0 Å². The third kappa shape index (κ3) is 2.69. The fraction of sp³-hybridized carbons (Fsp3) is 0.500. The second-order valence-corrected chi connectivity index (χ2v) is 7.21. The van der Waals surface area contributed by atoms with E-state index in [4.69, 9.17) is 5.73 Å². The minimum Gasteiger partial charge on any atom is -0.396 e. The third-order valence-electron chi connectivity index (χ3n) is 4.81. The van der Waals surface area contributed by atoms with Crippen molar-refractivity contribution in [3.05, 3.63) is 30.5 Å². The highest BCUT2D eigenvalue weighted by molar-refractivity contribution is 5.97. The highest BCUT2D eigenvalue weighted by Crippen LogP contribution is 2.38. The van der Waals surface area contributed by atoms with Crippen molar-refractivity contribution in [2.75, 3.05) is 23.7 Å². The lowest BCUT2D eigenvalue weighted by atomic mass is 9.75. The number of aromatic nitrogens is 1. The Hall–Kier alpha value is -1.77. The van der Waals surface area contributed by atoms with Crippen LogP contribution in [0.1, 0.15) is 33.6 Å². The molecule has 1 aromatic carbocycles. The summed E-state index contributed by atoms with van der Waals surface area (Å²) in [5, 5.41) is 1.17. The standard InChI is InChI=1S/C18H25N3/c1-18(2,3)13-8-10-21(11-9-13)17-14-6-4-5-7-16(14)20-12-15(17)19/h4-7,12-13H,8-11,19H2,1-3H3. The van der Waals surface area contributed by atoms with Crippen molar-refractivity contribution in [3.8, 4) is 0 Å². The van der Waals surface area contributed by atoms with Gasteiger partial charge in [-0.15, -0.1) is 0 Å². The summed E-state index contributed by atoms with van der Waals surface area (Å²) in [6, 6.07) is 8.28. The number of hydrogen-bond acceptors (Lipinski definition) is 3. The predicted octanol–water partition coefficient (Wildman–Crippen LogP) is 4.08. The number of nitrogens with zero attached hydrogens (tertiary/aromatic N) is 2. The molecule has 0 amide bonds. The molecule has 0 aliphatic carbocycles. The Morgan fingerprint density at radius 1 is 1.14 bits per heavy atom. The zero-order valence-electron chi connectivity index (χ0n) is 13.3. The average molecular weight is 283 g/mol. The number of fused-ring (bicyclic) bond motifs is 1. The maximum Gasteiger partial charge on any atom is 0.0745 e. The monoisotopic (exact) mass is 283 g/mol. The summed E-state index contributed by atoms with van der Waals surface area (Å²) in [6.45, 7) is 9.22. The average Bonchev–Trinajstić information content (AvgIpc) is 2.46. The second kappa shape index (κ2) is 5.21. The molecule has 0 unspecified atom stereocenters. The van der Waals surface area contributed by atoms with Crippen LogP contribution < -0.4 is 10.6 Å². The number of nitrogens with two attached hydrogens (primary N) is 1. The Labute approximate surface area is 127 Å². The van der Waals surface area contributed by atoms with E-state index in [0.29, 0.717) is 5.41 Å². The number of hydrogen-bond donors (Lipinski definition) is 1. The molecule has 1 fully saturated rings. The van der Waals surface area contributed by atoms with E-state index in [-0.39, 0.29) is 0 Å². The summed E-state index contributed by atoms with van der Waals surface area (Å²) in [4.78, 5) is 6.88. The lowest BCUT2D eigenvalue weighted by Gasteiger charge is -2.40. The molecule has 0 saturated carbocycles. The van der Waals surface area contributed by atoms with E-state index in [1.54, 1.807) is 6.20 Å². The fourth-order valence-corrected chi connectivity index (χ4v) is 3.46. The maximum absolute atomic E-state index is 6.23. The van der Waals surface area contributed by atoms with Crippen LogP contribution >= 0.6 is 0 Å². The largest absolute Gasteiger partial charge is 0.396 e. The highest BCUT2D eigenvalue weighted by atomic mass is 15.1. The van der Waals surface area contributed by atoms with Crippen LogP contribution in [0.3, 0.4) is 0 Å². The van der Waals surface area contributed by atoms with Crippen LogP contribution in [0.25, 0.3) is 10.9 Å². The molecule has 3 nitrogen and oxygen atoms in total. The Balaban J connectivity index is 1.91. The molecule has 1 aromatic heterocycles. The molecule has 2 N–H and O–H groups in total. The van der Waals surface area contributed by atoms with Gasteiger partial charge in [-0.3, -0.25) is 4.98 Å². The number of nitrogen functional groups attached to an aromatic ring is 1. The summed E-state index contributed by atoms with van der Waals surface area (Å²) in [5.74, 6) is 0.795. The van der Waals surface area contributed by atoms with E-state index in [1.807, 2.05) is 6.07 Å². The molecule has 3 heteroatoms. The first-order chi connectivity index (χ1) is 9.97. The SMILES string of the molecule is CC(C)(C)C1CCN(c2c(N)cnc3ccccc23)CC1. The Bertz CT molecular complexity index is 634. The Morgan fingerprint density at radius 2 is 1.81 bits per heavy atom. The predicted molar refractivity (Wildman–Crippen MR) is 90.5 cm³/mol. The molecule has 0 spiro atoms. The first-order valence-corrected chi connectivity index (χ1v) is 7.85. The van der Waals surface area contributed by atoms with Crippen molar-refractivity contribution in [2.45, 2.75) is 33.6 Å². The van der Waals surface area contributed by atoms with Gasteiger partial charge in [0, 0.05) is 18.5 Å². The van der Waals surface area contributed by atoms with Gasteiger partial charge in [0.25, 0.3) is 0 Å². The van der Waals surface area contributed by atoms with Gasteiger partial charge >= 0.3 is 0 Å². The van der Waals surface area contributed by atoms with Crippen LogP contribution in [0.4, 0.5) is 11.4 Å². The van der Waals surface area contributed by atoms with Crippen LogP contribution in [-0.4, -0.2) is 18.1 Å². The fourth-order valence-electron chi connectivity index (χ4n) is 3.46. The van der Waals surface area contributed by atoms with E-state index in [9.17, 15) is 0 Å². The molecule has 2 aromatic rings. The maximum atomic E-state index is 6.23. The number of para-hydroxylation sites is 1. The van der Waals surface area contributed by atoms with Crippen molar-refractivity contribution >= 4 is 22.3 Å². The number of anilines is 2. The molecule has 21 heavy (non-hydrogen) atoms. The molecule has 112 valence electrons. The van der Waals surface area contributed by atoms with Crippen LogP contribution in [0.15, 0.2) is 30.5 Å². The van der Waals surface area contributed by atoms with E-state index in [0.717, 1.165) is 30.2 Å². The summed E-state index contributed by atoms with van der Waals surface area (Å²) in [6.07, 6.45) is 4.27. The quantitative estimate of drug-likeness (QED) is 0.857. The van der Waals surface area contributed by atoms with Crippen LogP contribution in [0.2, 0.25) is 0 Å². The van der Waals surface area contributed by atoms with Crippen molar-refractivity contribution in [3.63, 3.8) is 0 Å². The Morgan fingerprint density at radius 3 is 2.48 bits per heavy atom. The Kier molecular flexibility index (Phi) is 3.52. The minimum absolute atomic E-state index is 0.401. The molecule has 0 radical (unpaired) electrons. The molecule has 2 heterocycles. The van der Waals surface area contributed by atoms with Gasteiger partial charge in [0.05, 0.1) is 23.1 Å². The lowest BCUT2D eigenvalue weighted by molar-refractivity contribution is 0.199. The molecular formula is C18H25N3. The van der Waals surface area contributed by atoms with E-state index in [2.05, 4.69) is 48.9 Å². The molecule has 1 saturated heterocycles. The molecule has 0 bridgehead atoms. The van der Waals surface area contributed by atoms with Gasteiger partial charge in [0.1, 0.15) is 0 Å². The van der Waals surface area contributed by atoms with Crippen molar-refractivity contribution < 1.29 is 0 Å². The first-order valence-electron chi connectivity index (χ1n) is 7.85. The minimum atomic E-state index is 0.401. The number of pyridine rings is 1. The van der Waals surface area contributed by atoms with Crippen LogP contribution in [-0.2, 0) is 0 Å².